The maximum atomic E-state index is 13.9. The fourth-order valence-electron chi connectivity index (χ4n) is 3.23. The van der Waals surface area contributed by atoms with Crippen LogP contribution in [0.1, 0.15) is 22.0 Å². The molecule has 0 aliphatic carbocycles. The first kappa shape index (κ1) is 15.6. The molecule has 2 atom stereocenters. The summed E-state index contributed by atoms with van der Waals surface area (Å²) in [6, 6.07) is 2.46. The molecule has 1 saturated heterocycles. The Balaban J connectivity index is 1.68. The van der Waals surface area contributed by atoms with Crippen LogP contribution in [0.4, 0.5) is 4.39 Å². The number of halogens is 1. The number of nitrogens with one attached hydrogen (secondary N) is 1. The Morgan fingerprint density at radius 3 is 2.92 bits per heavy atom. The van der Waals surface area contributed by atoms with Gasteiger partial charge in [0.1, 0.15) is 11.3 Å². The monoisotopic (exact) mass is 342 g/mol. The number of fused-ring (bicyclic) bond motifs is 1. The van der Waals surface area contributed by atoms with Crippen LogP contribution in [0.25, 0.3) is 11.0 Å². The number of hydrogen-bond acceptors (Lipinski definition) is 6. The molecule has 25 heavy (non-hydrogen) atoms. The average molecular weight is 342 g/mol. The van der Waals surface area contributed by atoms with Crippen LogP contribution in [0.3, 0.4) is 0 Å². The van der Waals surface area contributed by atoms with Crippen LogP contribution in [0.5, 0.6) is 0 Å². The molecular formula is C16H15FN6O2. The standard InChI is InChI=1S/C16H15FN6O2/c1-25-14-8-23(7-11(14)13-6-20-22-21-13)16(24)10-4-9(17)5-12-15(10)19-3-2-18-12/h2-6,11,14H,7-8H2,1H3,(H,20,21,22)/t11-,14+/m0/s1. The van der Waals surface area contributed by atoms with Crippen molar-refractivity contribution in [2.24, 2.45) is 0 Å². The van der Waals surface area contributed by atoms with Crippen molar-refractivity contribution in [2.45, 2.75) is 12.0 Å². The van der Waals surface area contributed by atoms with E-state index in [4.69, 9.17) is 4.74 Å². The van der Waals surface area contributed by atoms with Gasteiger partial charge in [0.25, 0.3) is 5.91 Å². The second kappa shape index (κ2) is 6.17. The van der Waals surface area contributed by atoms with Crippen LogP contribution in [-0.4, -0.2) is 62.5 Å². The van der Waals surface area contributed by atoms with Gasteiger partial charge in [-0.2, -0.15) is 15.4 Å². The summed E-state index contributed by atoms with van der Waals surface area (Å²) in [6.45, 7) is 0.785. The molecule has 1 aromatic carbocycles. The number of hydrogen-bond donors (Lipinski definition) is 1. The first-order chi connectivity index (χ1) is 12.2. The third-order valence-electron chi connectivity index (χ3n) is 4.44. The minimum atomic E-state index is -0.521. The van der Waals surface area contributed by atoms with Crippen molar-refractivity contribution in [2.75, 3.05) is 20.2 Å². The van der Waals surface area contributed by atoms with Crippen LogP contribution < -0.4 is 0 Å². The number of carbonyl (C=O) groups excluding carboxylic acids is 1. The smallest absolute Gasteiger partial charge is 0.256 e. The molecule has 0 bridgehead atoms. The number of carbonyl (C=O) groups is 1. The fourth-order valence-corrected chi connectivity index (χ4v) is 3.23. The Morgan fingerprint density at radius 1 is 1.32 bits per heavy atom. The van der Waals surface area contributed by atoms with Crippen molar-refractivity contribution in [3.8, 4) is 0 Å². The Hall–Kier alpha value is -2.94. The number of likely N-dealkylation sites (tertiary alicyclic amines) is 1. The second-order valence-electron chi connectivity index (χ2n) is 5.86. The molecule has 0 unspecified atom stereocenters. The Bertz CT molecular complexity index is 916. The summed E-state index contributed by atoms with van der Waals surface area (Å²) in [5.74, 6) is -0.927. The molecule has 3 aromatic rings. The van der Waals surface area contributed by atoms with E-state index >= 15 is 0 Å². The lowest BCUT2D eigenvalue weighted by atomic mass is 10.0. The maximum absolute atomic E-state index is 13.9. The van der Waals surface area contributed by atoms with Gasteiger partial charge in [0.2, 0.25) is 0 Å². The highest BCUT2D eigenvalue weighted by Crippen LogP contribution is 2.30. The van der Waals surface area contributed by atoms with E-state index in [1.807, 2.05) is 0 Å². The average Bonchev–Trinajstić information content (AvgIpc) is 3.29. The van der Waals surface area contributed by atoms with Crippen LogP contribution in [0.15, 0.2) is 30.7 Å². The molecule has 4 rings (SSSR count). The number of amides is 1. The third kappa shape index (κ3) is 2.72. The van der Waals surface area contributed by atoms with Gasteiger partial charge in [0.05, 0.1) is 35.0 Å². The van der Waals surface area contributed by atoms with E-state index in [-0.39, 0.29) is 23.5 Å². The number of aromatic amines is 1. The molecule has 3 heterocycles. The molecule has 1 aliphatic rings. The Kier molecular flexibility index (Phi) is 3.85. The Labute approximate surface area is 142 Å². The zero-order valence-corrected chi connectivity index (χ0v) is 13.4. The summed E-state index contributed by atoms with van der Waals surface area (Å²) in [5, 5.41) is 10.5. The summed E-state index contributed by atoms with van der Waals surface area (Å²) in [7, 11) is 1.59. The van der Waals surface area contributed by atoms with Crippen molar-refractivity contribution in [3.05, 3.63) is 47.8 Å². The van der Waals surface area contributed by atoms with Crippen molar-refractivity contribution in [1.82, 2.24) is 30.3 Å². The van der Waals surface area contributed by atoms with Gasteiger partial charge in [0, 0.05) is 38.7 Å². The predicted molar refractivity (Wildman–Crippen MR) is 85.3 cm³/mol. The number of methoxy groups -OCH3 is 1. The molecule has 1 amide bonds. The lowest BCUT2D eigenvalue weighted by Crippen LogP contribution is -2.30. The lowest BCUT2D eigenvalue weighted by Gasteiger charge is -2.16. The third-order valence-corrected chi connectivity index (χ3v) is 4.44. The van der Waals surface area contributed by atoms with Gasteiger partial charge in [-0.1, -0.05) is 0 Å². The molecule has 2 aromatic heterocycles. The zero-order chi connectivity index (χ0) is 17.4. The minimum Gasteiger partial charge on any atom is -0.379 e. The maximum Gasteiger partial charge on any atom is 0.256 e. The van der Waals surface area contributed by atoms with E-state index in [2.05, 4.69) is 25.4 Å². The summed E-state index contributed by atoms with van der Waals surface area (Å²) in [6.07, 6.45) is 4.36. The molecule has 0 radical (unpaired) electrons. The van der Waals surface area contributed by atoms with E-state index in [0.29, 0.717) is 24.1 Å². The van der Waals surface area contributed by atoms with Crippen LogP contribution in [0, 0.1) is 5.82 Å². The summed E-state index contributed by atoms with van der Waals surface area (Å²) >= 11 is 0. The highest BCUT2D eigenvalue weighted by molar-refractivity contribution is 6.04. The lowest BCUT2D eigenvalue weighted by molar-refractivity contribution is 0.0715. The molecule has 0 spiro atoms. The first-order valence-corrected chi connectivity index (χ1v) is 7.75. The number of ether oxygens (including phenoxy) is 1. The quantitative estimate of drug-likeness (QED) is 0.767. The Morgan fingerprint density at radius 2 is 2.16 bits per heavy atom. The fraction of sp³-hybridized carbons (Fsp3) is 0.312. The van der Waals surface area contributed by atoms with Gasteiger partial charge in [-0.05, 0) is 6.07 Å². The van der Waals surface area contributed by atoms with Gasteiger partial charge < -0.3 is 9.64 Å². The number of rotatable bonds is 3. The molecular weight excluding hydrogens is 327 g/mol. The second-order valence-corrected chi connectivity index (χ2v) is 5.86. The van der Waals surface area contributed by atoms with Crippen molar-refractivity contribution in [3.63, 3.8) is 0 Å². The van der Waals surface area contributed by atoms with E-state index in [9.17, 15) is 9.18 Å². The first-order valence-electron chi connectivity index (χ1n) is 7.75. The minimum absolute atomic E-state index is 0.0985. The molecule has 0 saturated carbocycles. The summed E-state index contributed by atoms with van der Waals surface area (Å²) < 4.78 is 19.4. The largest absolute Gasteiger partial charge is 0.379 e. The van der Waals surface area contributed by atoms with Gasteiger partial charge >= 0.3 is 0 Å². The molecule has 1 aliphatic heterocycles. The van der Waals surface area contributed by atoms with Crippen molar-refractivity contribution in [1.29, 1.82) is 0 Å². The van der Waals surface area contributed by atoms with E-state index in [1.54, 1.807) is 18.2 Å². The number of aromatic nitrogens is 5. The normalized spacial score (nSPS) is 20.3. The molecule has 128 valence electrons. The van der Waals surface area contributed by atoms with Crippen LogP contribution in [-0.2, 0) is 4.74 Å². The number of nitrogens with zero attached hydrogens (tertiary/aromatic N) is 5. The molecule has 8 nitrogen and oxygen atoms in total. The number of benzene rings is 1. The topological polar surface area (TPSA) is 96.9 Å². The van der Waals surface area contributed by atoms with Crippen LogP contribution >= 0.6 is 0 Å². The number of H-pyrrole nitrogens is 1. The highest BCUT2D eigenvalue weighted by atomic mass is 19.1. The summed E-state index contributed by atoms with van der Waals surface area (Å²) in [4.78, 5) is 22.9. The predicted octanol–water partition coefficient (Wildman–Crippen LogP) is 1.14. The van der Waals surface area contributed by atoms with Gasteiger partial charge in [0.15, 0.2) is 0 Å². The van der Waals surface area contributed by atoms with Crippen LogP contribution in [0.2, 0.25) is 0 Å². The highest BCUT2D eigenvalue weighted by Gasteiger charge is 2.38. The van der Waals surface area contributed by atoms with Gasteiger partial charge in [-0.25, -0.2) is 4.39 Å². The van der Waals surface area contributed by atoms with Crippen molar-refractivity contribution >= 4 is 16.9 Å². The molecule has 1 N–H and O–H groups in total. The van der Waals surface area contributed by atoms with Gasteiger partial charge in [-0.15, -0.1) is 0 Å². The summed E-state index contributed by atoms with van der Waals surface area (Å²) in [5.41, 5.74) is 1.65. The van der Waals surface area contributed by atoms with Crippen molar-refractivity contribution < 1.29 is 13.9 Å². The van der Waals surface area contributed by atoms with E-state index in [1.165, 1.54) is 24.5 Å². The van der Waals surface area contributed by atoms with E-state index in [0.717, 1.165) is 5.69 Å². The molecule has 9 heteroatoms. The zero-order valence-electron chi connectivity index (χ0n) is 13.4. The van der Waals surface area contributed by atoms with Gasteiger partial charge in [-0.3, -0.25) is 14.8 Å². The van der Waals surface area contributed by atoms with E-state index < -0.39 is 5.82 Å². The SMILES string of the molecule is CO[C@@H]1CN(C(=O)c2cc(F)cc3nccnc23)C[C@H]1c1cn[nH]n1. The molecule has 1 fully saturated rings.